The van der Waals surface area contributed by atoms with E-state index < -0.39 is 12.2 Å². The molecule has 168 valence electrons. The second kappa shape index (κ2) is 15.8. The molecule has 0 radical (unpaired) electrons. The molecule has 0 spiro atoms. The molecule has 0 aliphatic rings. The Morgan fingerprint density at radius 3 is 2.10 bits per heavy atom. The van der Waals surface area contributed by atoms with Crippen LogP contribution in [0.5, 0.6) is 0 Å². The number of nitrogen functional groups attached to an aromatic ring is 1. The number of aliphatic hydroxyl groups is 4. The Labute approximate surface area is 180 Å². The van der Waals surface area contributed by atoms with Crippen LogP contribution in [-0.2, 0) is 0 Å². The van der Waals surface area contributed by atoms with Gasteiger partial charge in [0.05, 0.1) is 25.4 Å². The van der Waals surface area contributed by atoms with Crippen molar-refractivity contribution in [2.75, 3.05) is 42.7 Å². The maximum atomic E-state index is 9.71. The van der Waals surface area contributed by atoms with Gasteiger partial charge in [-0.2, -0.15) is 0 Å². The van der Waals surface area contributed by atoms with E-state index in [0.717, 1.165) is 22.0 Å². The molecule has 0 bridgehead atoms. The number of nitrogens with two attached hydrogens (primary N) is 1. The van der Waals surface area contributed by atoms with Gasteiger partial charge in [-0.3, -0.25) is 0 Å². The summed E-state index contributed by atoms with van der Waals surface area (Å²) >= 11 is 1.77. The Balaban J connectivity index is 2.67. The number of unbranched alkanes of at least 4 members (excludes halogenated alkanes) is 5. The summed E-state index contributed by atoms with van der Waals surface area (Å²) in [4.78, 5) is 3.11. The summed E-state index contributed by atoms with van der Waals surface area (Å²) in [7, 11) is 0. The van der Waals surface area contributed by atoms with Gasteiger partial charge in [-0.15, -0.1) is 11.8 Å². The van der Waals surface area contributed by atoms with Gasteiger partial charge in [0.15, 0.2) is 0 Å². The highest BCUT2D eigenvalue weighted by Crippen LogP contribution is 2.31. The first-order valence-electron chi connectivity index (χ1n) is 10.9. The minimum absolute atomic E-state index is 0.270. The average Bonchev–Trinajstić information content (AvgIpc) is 2.73. The van der Waals surface area contributed by atoms with Gasteiger partial charge in [-0.1, -0.05) is 39.0 Å². The van der Waals surface area contributed by atoms with Crippen molar-refractivity contribution in [3.63, 3.8) is 0 Å². The number of anilines is 2. The van der Waals surface area contributed by atoms with Crippen molar-refractivity contribution in [3.05, 3.63) is 18.2 Å². The van der Waals surface area contributed by atoms with Crippen LogP contribution in [0.25, 0.3) is 0 Å². The van der Waals surface area contributed by atoms with E-state index in [4.69, 9.17) is 15.9 Å². The maximum absolute atomic E-state index is 9.71. The van der Waals surface area contributed by atoms with E-state index in [9.17, 15) is 10.2 Å². The number of aliphatic hydroxyl groups excluding tert-OH is 4. The summed E-state index contributed by atoms with van der Waals surface area (Å²) in [6.07, 6.45) is 6.92. The molecule has 2 atom stereocenters. The normalized spacial score (nSPS) is 13.4. The summed E-state index contributed by atoms with van der Waals surface area (Å²) in [5.74, 6) is 1.03. The van der Waals surface area contributed by atoms with E-state index in [-0.39, 0.29) is 13.2 Å². The predicted octanol–water partition coefficient (Wildman–Crippen LogP) is 3.01. The number of thioether (sulfide) groups is 1. The smallest absolute Gasteiger partial charge is 0.0787 e. The molecule has 7 heteroatoms. The van der Waals surface area contributed by atoms with Crippen LogP contribution in [-0.4, -0.2) is 64.7 Å². The summed E-state index contributed by atoms with van der Waals surface area (Å²) in [5, 5.41) is 37.6. The molecule has 0 amide bonds. The fourth-order valence-corrected chi connectivity index (χ4v) is 4.08. The zero-order valence-electron chi connectivity index (χ0n) is 17.8. The lowest BCUT2D eigenvalue weighted by atomic mass is 10.1. The maximum Gasteiger partial charge on any atom is 0.0787 e. The van der Waals surface area contributed by atoms with Crippen LogP contribution in [0.2, 0.25) is 0 Å². The lowest BCUT2D eigenvalue weighted by molar-refractivity contribution is 0.0854. The van der Waals surface area contributed by atoms with Crippen molar-refractivity contribution >= 4 is 23.1 Å². The van der Waals surface area contributed by atoms with E-state index >= 15 is 0 Å². The molecule has 0 aromatic heterocycles. The van der Waals surface area contributed by atoms with Gasteiger partial charge in [-0.25, -0.2) is 0 Å². The van der Waals surface area contributed by atoms with Crippen LogP contribution in [0, 0.1) is 0 Å². The van der Waals surface area contributed by atoms with Crippen LogP contribution in [0.4, 0.5) is 11.4 Å². The molecular weight excluding hydrogens is 388 g/mol. The molecule has 0 saturated heterocycles. The average molecular weight is 429 g/mol. The number of benzene rings is 1. The van der Waals surface area contributed by atoms with Gasteiger partial charge in [0.2, 0.25) is 0 Å². The Morgan fingerprint density at radius 1 is 0.931 bits per heavy atom. The molecule has 29 heavy (non-hydrogen) atoms. The van der Waals surface area contributed by atoms with Crippen molar-refractivity contribution in [1.29, 1.82) is 0 Å². The minimum atomic E-state index is -0.768. The molecule has 0 heterocycles. The number of hydrogen-bond acceptors (Lipinski definition) is 7. The molecule has 6 N–H and O–H groups in total. The van der Waals surface area contributed by atoms with Crippen molar-refractivity contribution in [3.8, 4) is 0 Å². The minimum Gasteiger partial charge on any atom is -0.398 e. The highest BCUT2D eigenvalue weighted by Gasteiger charge is 2.14. The molecule has 0 aliphatic heterocycles. The predicted molar refractivity (Wildman–Crippen MR) is 123 cm³/mol. The van der Waals surface area contributed by atoms with E-state index in [1.54, 1.807) is 11.8 Å². The molecule has 1 aromatic carbocycles. The van der Waals surface area contributed by atoms with E-state index in [2.05, 4.69) is 17.9 Å². The van der Waals surface area contributed by atoms with Gasteiger partial charge in [-0.05, 0) is 43.2 Å². The fourth-order valence-electron chi connectivity index (χ4n) is 3.07. The van der Waals surface area contributed by atoms with E-state index in [1.807, 2.05) is 12.1 Å². The second-order valence-electron chi connectivity index (χ2n) is 7.58. The monoisotopic (exact) mass is 428 g/mol. The third-order valence-corrected chi connectivity index (χ3v) is 6.16. The molecule has 1 aromatic rings. The topological polar surface area (TPSA) is 110 Å². The van der Waals surface area contributed by atoms with Crippen molar-refractivity contribution in [2.24, 2.45) is 0 Å². The summed E-state index contributed by atoms with van der Waals surface area (Å²) in [6.45, 7) is 2.78. The molecule has 0 fully saturated rings. The highest BCUT2D eigenvalue weighted by atomic mass is 32.2. The van der Waals surface area contributed by atoms with Crippen molar-refractivity contribution < 1.29 is 20.4 Å². The first-order valence-corrected chi connectivity index (χ1v) is 11.9. The Hall–Kier alpha value is -0.990. The quantitative estimate of drug-likeness (QED) is 0.147. The van der Waals surface area contributed by atoms with Gasteiger partial charge in [0.1, 0.15) is 0 Å². The first kappa shape index (κ1) is 26.0. The first-order chi connectivity index (χ1) is 14.0. The molecule has 1 rings (SSSR count). The number of hydrogen-bond donors (Lipinski definition) is 5. The zero-order chi connectivity index (χ0) is 21.5. The van der Waals surface area contributed by atoms with Crippen molar-refractivity contribution in [2.45, 2.75) is 75.4 Å². The van der Waals surface area contributed by atoms with Gasteiger partial charge < -0.3 is 31.1 Å². The third-order valence-electron chi connectivity index (χ3n) is 5.00. The second-order valence-corrected chi connectivity index (χ2v) is 8.71. The number of nitrogens with zero attached hydrogens (tertiary/aromatic N) is 1. The van der Waals surface area contributed by atoms with Gasteiger partial charge in [0, 0.05) is 29.4 Å². The number of rotatable bonds is 17. The van der Waals surface area contributed by atoms with Gasteiger partial charge in [0.25, 0.3) is 0 Å². The lowest BCUT2D eigenvalue weighted by Gasteiger charge is -2.27. The summed E-state index contributed by atoms with van der Waals surface area (Å²) < 4.78 is 0. The summed E-state index contributed by atoms with van der Waals surface area (Å²) in [5.41, 5.74) is 7.90. The van der Waals surface area contributed by atoms with Gasteiger partial charge >= 0.3 is 0 Å². The van der Waals surface area contributed by atoms with Crippen LogP contribution < -0.4 is 10.6 Å². The molecule has 0 saturated carbocycles. The van der Waals surface area contributed by atoms with Crippen LogP contribution in [0.15, 0.2) is 23.1 Å². The highest BCUT2D eigenvalue weighted by molar-refractivity contribution is 7.99. The Bertz CT molecular complexity index is 534. The zero-order valence-corrected chi connectivity index (χ0v) is 18.6. The lowest BCUT2D eigenvalue weighted by Crippen LogP contribution is -2.31. The van der Waals surface area contributed by atoms with E-state index in [1.165, 1.54) is 38.5 Å². The SMILES string of the molecule is CCCCCCCCSc1cc(N(CCC(O)CO)CCC(O)CO)ccc1N. The molecule has 6 nitrogen and oxygen atoms in total. The largest absolute Gasteiger partial charge is 0.398 e. The van der Waals surface area contributed by atoms with Crippen LogP contribution in [0.1, 0.15) is 58.3 Å². The molecular formula is C22H40N2O4S. The molecule has 2 unspecified atom stereocenters. The van der Waals surface area contributed by atoms with Crippen LogP contribution in [0.3, 0.4) is 0 Å². The van der Waals surface area contributed by atoms with Crippen LogP contribution >= 0.6 is 11.8 Å². The third kappa shape index (κ3) is 11.1. The Kier molecular flexibility index (Phi) is 14.2. The molecule has 0 aliphatic carbocycles. The fraction of sp³-hybridized carbons (Fsp3) is 0.727. The standard InChI is InChI=1S/C22H40N2O4S/c1-2-3-4-5-6-7-14-29-22-15-18(8-9-21(22)23)24(12-10-19(27)16-25)13-11-20(28)17-26/h8-9,15,19-20,25-28H,2-7,10-14,16-17,23H2,1H3. The van der Waals surface area contributed by atoms with Crippen molar-refractivity contribution in [1.82, 2.24) is 0 Å². The van der Waals surface area contributed by atoms with E-state index in [0.29, 0.717) is 25.9 Å². The summed E-state index contributed by atoms with van der Waals surface area (Å²) in [6, 6.07) is 5.91. The Morgan fingerprint density at radius 2 is 1.52 bits per heavy atom.